The van der Waals surface area contributed by atoms with Crippen molar-refractivity contribution in [2.75, 3.05) is 26.7 Å². The first-order valence-corrected chi connectivity index (χ1v) is 8.13. The van der Waals surface area contributed by atoms with Gasteiger partial charge >= 0.3 is 5.97 Å². The summed E-state index contributed by atoms with van der Waals surface area (Å²) in [5.74, 6) is -1.49. The summed E-state index contributed by atoms with van der Waals surface area (Å²) in [4.78, 5) is 38.9. The van der Waals surface area contributed by atoms with Gasteiger partial charge in [0.1, 0.15) is 0 Å². The summed E-state index contributed by atoms with van der Waals surface area (Å²) in [6, 6.07) is 5.68. The Kier molecular flexibility index (Phi) is 5.59. The molecule has 130 valence electrons. The Balaban J connectivity index is 1.95. The highest BCUT2D eigenvalue weighted by molar-refractivity contribution is 5.97. The Morgan fingerprint density at radius 2 is 1.83 bits per heavy atom. The van der Waals surface area contributed by atoms with Gasteiger partial charge in [-0.3, -0.25) is 14.4 Å². The molecule has 2 rings (SSSR count). The Hall–Kier alpha value is -2.37. The standard InChI is InChI=1S/C18H24N2O4/c1-12-4-5-13(2)15(10-12)17(22)19(3)11-16(21)20-8-6-14(7-9-20)18(23)24/h4-5,10,14H,6-9,11H2,1-3H3,(H,23,24). The zero-order valence-electron chi connectivity index (χ0n) is 14.4. The van der Waals surface area contributed by atoms with E-state index in [-0.39, 0.29) is 24.3 Å². The van der Waals surface area contributed by atoms with Crippen molar-refractivity contribution < 1.29 is 19.5 Å². The van der Waals surface area contributed by atoms with E-state index in [0.29, 0.717) is 31.5 Å². The number of carbonyl (C=O) groups is 3. The molecule has 1 aliphatic rings. The lowest BCUT2D eigenvalue weighted by Crippen LogP contribution is -2.45. The van der Waals surface area contributed by atoms with E-state index in [9.17, 15) is 14.4 Å². The van der Waals surface area contributed by atoms with E-state index in [4.69, 9.17) is 5.11 Å². The van der Waals surface area contributed by atoms with Crippen molar-refractivity contribution in [1.29, 1.82) is 0 Å². The van der Waals surface area contributed by atoms with E-state index in [1.807, 2.05) is 32.0 Å². The van der Waals surface area contributed by atoms with Gasteiger partial charge in [-0.05, 0) is 38.3 Å². The molecule has 0 saturated carbocycles. The Labute approximate surface area is 142 Å². The number of likely N-dealkylation sites (tertiary alicyclic amines) is 1. The van der Waals surface area contributed by atoms with Crippen LogP contribution in [0, 0.1) is 19.8 Å². The molecular weight excluding hydrogens is 308 g/mol. The second-order valence-corrected chi connectivity index (χ2v) is 6.47. The minimum absolute atomic E-state index is 0.00392. The fourth-order valence-electron chi connectivity index (χ4n) is 2.92. The number of piperidine rings is 1. The van der Waals surface area contributed by atoms with Gasteiger partial charge in [-0.1, -0.05) is 17.7 Å². The predicted octanol–water partition coefficient (Wildman–Crippen LogP) is 1.70. The third-order valence-electron chi connectivity index (χ3n) is 4.54. The average Bonchev–Trinajstić information content (AvgIpc) is 2.56. The summed E-state index contributed by atoms with van der Waals surface area (Å²) in [5.41, 5.74) is 2.49. The molecule has 1 heterocycles. The fraction of sp³-hybridized carbons (Fsp3) is 0.500. The lowest BCUT2D eigenvalue weighted by Gasteiger charge is -2.31. The molecule has 1 N–H and O–H groups in total. The normalized spacial score (nSPS) is 15.2. The molecule has 2 amide bonds. The number of likely N-dealkylation sites (N-methyl/N-ethyl adjacent to an activating group) is 1. The molecular formula is C18H24N2O4. The lowest BCUT2D eigenvalue weighted by atomic mass is 9.97. The number of carboxylic acids is 1. The van der Waals surface area contributed by atoms with Gasteiger partial charge in [0.15, 0.2) is 0 Å². The third-order valence-corrected chi connectivity index (χ3v) is 4.54. The van der Waals surface area contributed by atoms with Gasteiger partial charge in [0.25, 0.3) is 5.91 Å². The molecule has 1 saturated heterocycles. The highest BCUT2D eigenvalue weighted by Crippen LogP contribution is 2.18. The van der Waals surface area contributed by atoms with E-state index in [0.717, 1.165) is 11.1 Å². The van der Waals surface area contributed by atoms with Crippen molar-refractivity contribution in [3.8, 4) is 0 Å². The molecule has 0 bridgehead atoms. The maximum Gasteiger partial charge on any atom is 0.306 e. The number of nitrogens with zero attached hydrogens (tertiary/aromatic N) is 2. The van der Waals surface area contributed by atoms with E-state index in [2.05, 4.69) is 0 Å². The van der Waals surface area contributed by atoms with Crippen LogP contribution >= 0.6 is 0 Å². The van der Waals surface area contributed by atoms with Gasteiger partial charge in [0.05, 0.1) is 12.5 Å². The van der Waals surface area contributed by atoms with Crippen molar-refractivity contribution in [3.05, 3.63) is 34.9 Å². The number of rotatable bonds is 4. The summed E-state index contributed by atoms with van der Waals surface area (Å²) in [6.07, 6.45) is 0.936. The molecule has 0 radical (unpaired) electrons. The Bertz CT molecular complexity index is 648. The SMILES string of the molecule is Cc1ccc(C)c(C(=O)N(C)CC(=O)N2CCC(C(=O)O)CC2)c1. The van der Waals surface area contributed by atoms with Gasteiger partial charge in [-0.25, -0.2) is 0 Å². The van der Waals surface area contributed by atoms with Crippen LogP contribution in [0.15, 0.2) is 18.2 Å². The second-order valence-electron chi connectivity index (χ2n) is 6.47. The van der Waals surface area contributed by atoms with Gasteiger partial charge in [-0.15, -0.1) is 0 Å². The molecule has 24 heavy (non-hydrogen) atoms. The first-order valence-electron chi connectivity index (χ1n) is 8.13. The number of aryl methyl sites for hydroxylation is 2. The molecule has 0 aromatic heterocycles. The third kappa shape index (κ3) is 4.13. The summed E-state index contributed by atoms with van der Waals surface area (Å²) >= 11 is 0. The minimum atomic E-state index is -0.802. The van der Waals surface area contributed by atoms with Crippen LogP contribution in [0.2, 0.25) is 0 Å². The molecule has 0 aliphatic carbocycles. The van der Waals surface area contributed by atoms with Gasteiger partial charge in [0, 0.05) is 25.7 Å². The molecule has 6 heteroatoms. The number of benzene rings is 1. The highest BCUT2D eigenvalue weighted by Gasteiger charge is 2.28. The summed E-state index contributed by atoms with van der Waals surface area (Å²) in [7, 11) is 1.62. The van der Waals surface area contributed by atoms with Gasteiger partial charge < -0.3 is 14.9 Å². The predicted molar refractivity (Wildman–Crippen MR) is 89.8 cm³/mol. The smallest absolute Gasteiger partial charge is 0.306 e. The number of hydrogen-bond donors (Lipinski definition) is 1. The van der Waals surface area contributed by atoms with Crippen molar-refractivity contribution in [3.63, 3.8) is 0 Å². The largest absolute Gasteiger partial charge is 0.481 e. The second kappa shape index (κ2) is 7.47. The average molecular weight is 332 g/mol. The van der Waals surface area contributed by atoms with Crippen LogP contribution in [0.25, 0.3) is 0 Å². The molecule has 1 aliphatic heterocycles. The van der Waals surface area contributed by atoms with Crippen LogP contribution < -0.4 is 0 Å². The quantitative estimate of drug-likeness (QED) is 0.910. The van der Waals surface area contributed by atoms with Crippen LogP contribution in [-0.2, 0) is 9.59 Å². The maximum atomic E-state index is 12.6. The lowest BCUT2D eigenvalue weighted by molar-refractivity contribution is -0.145. The highest BCUT2D eigenvalue weighted by atomic mass is 16.4. The fourth-order valence-corrected chi connectivity index (χ4v) is 2.92. The minimum Gasteiger partial charge on any atom is -0.481 e. The number of hydrogen-bond acceptors (Lipinski definition) is 3. The summed E-state index contributed by atoms with van der Waals surface area (Å²) in [6.45, 7) is 4.67. The first-order chi connectivity index (χ1) is 11.3. The number of carboxylic acid groups (broad SMARTS) is 1. The Morgan fingerprint density at radius 3 is 2.42 bits per heavy atom. The molecule has 1 aromatic carbocycles. The van der Waals surface area contributed by atoms with E-state index < -0.39 is 5.97 Å². The van der Waals surface area contributed by atoms with Crippen molar-refractivity contribution in [1.82, 2.24) is 9.80 Å². The zero-order chi connectivity index (χ0) is 17.9. The molecule has 0 unspecified atom stereocenters. The maximum absolute atomic E-state index is 12.6. The summed E-state index contributed by atoms with van der Waals surface area (Å²) in [5, 5.41) is 9.00. The van der Waals surface area contributed by atoms with Crippen molar-refractivity contribution in [2.24, 2.45) is 5.92 Å². The topological polar surface area (TPSA) is 77.9 Å². The van der Waals surface area contributed by atoms with Crippen LogP contribution in [0.4, 0.5) is 0 Å². The first kappa shape index (κ1) is 18.0. The van der Waals surface area contributed by atoms with E-state index in [1.54, 1.807) is 11.9 Å². The van der Waals surface area contributed by atoms with Gasteiger partial charge in [0.2, 0.25) is 5.91 Å². The Morgan fingerprint density at radius 1 is 1.21 bits per heavy atom. The molecule has 0 atom stereocenters. The van der Waals surface area contributed by atoms with E-state index >= 15 is 0 Å². The molecule has 1 aromatic rings. The molecule has 6 nitrogen and oxygen atoms in total. The van der Waals surface area contributed by atoms with Crippen LogP contribution in [0.1, 0.15) is 34.3 Å². The molecule has 1 fully saturated rings. The van der Waals surface area contributed by atoms with Crippen LogP contribution in [0.3, 0.4) is 0 Å². The van der Waals surface area contributed by atoms with Crippen LogP contribution in [-0.4, -0.2) is 59.4 Å². The monoisotopic (exact) mass is 332 g/mol. The zero-order valence-corrected chi connectivity index (χ0v) is 14.4. The van der Waals surface area contributed by atoms with Crippen molar-refractivity contribution in [2.45, 2.75) is 26.7 Å². The van der Waals surface area contributed by atoms with Gasteiger partial charge in [-0.2, -0.15) is 0 Å². The van der Waals surface area contributed by atoms with Crippen LogP contribution in [0.5, 0.6) is 0 Å². The summed E-state index contributed by atoms with van der Waals surface area (Å²) < 4.78 is 0. The number of amides is 2. The molecule has 0 spiro atoms. The van der Waals surface area contributed by atoms with Crippen molar-refractivity contribution >= 4 is 17.8 Å². The number of aliphatic carboxylic acids is 1. The van der Waals surface area contributed by atoms with E-state index in [1.165, 1.54) is 4.90 Å². The number of carbonyl (C=O) groups excluding carboxylic acids is 2.